The Morgan fingerprint density at radius 1 is 0.800 bits per heavy atom. The van der Waals surface area contributed by atoms with Gasteiger partial charge in [0.25, 0.3) is 0 Å². The summed E-state index contributed by atoms with van der Waals surface area (Å²) < 4.78 is 0. The molecule has 2 amide bonds. The van der Waals surface area contributed by atoms with Crippen LogP contribution in [-0.2, 0) is 22.4 Å². The fourth-order valence-corrected chi connectivity index (χ4v) is 2.11. The second kappa shape index (κ2) is 6.19. The zero-order valence-electron chi connectivity index (χ0n) is 11.7. The Kier molecular flexibility index (Phi) is 4.35. The normalized spacial score (nSPS) is 10.3. The predicted molar refractivity (Wildman–Crippen MR) is 79.5 cm³/mol. The number of carbonyl (C=O) groups excluding carboxylic acids is 2. The van der Waals surface area contributed by atoms with Crippen molar-refractivity contribution in [2.24, 2.45) is 0 Å². The van der Waals surface area contributed by atoms with E-state index in [-0.39, 0.29) is 11.8 Å². The quantitative estimate of drug-likeness (QED) is 0.882. The van der Waals surface area contributed by atoms with Crippen LogP contribution < -0.4 is 10.6 Å². The standard InChI is InChI=1S/C16H18N2O2/c1-17-15(19)9-11-3-5-14-8-12(10-16(20)18-2)4-6-13(14)7-11/h3-8H,9-10H2,1-2H3,(H,17,19)(H,18,20). The van der Waals surface area contributed by atoms with E-state index in [1.54, 1.807) is 14.1 Å². The summed E-state index contributed by atoms with van der Waals surface area (Å²) in [6.45, 7) is 0. The minimum Gasteiger partial charge on any atom is -0.359 e. The van der Waals surface area contributed by atoms with Crippen LogP contribution in [0.2, 0.25) is 0 Å². The van der Waals surface area contributed by atoms with Crippen molar-refractivity contribution in [3.8, 4) is 0 Å². The van der Waals surface area contributed by atoms with Crippen molar-refractivity contribution in [1.29, 1.82) is 0 Å². The van der Waals surface area contributed by atoms with E-state index >= 15 is 0 Å². The van der Waals surface area contributed by atoms with Gasteiger partial charge >= 0.3 is 0 Å². The summed E-state index contributed by atoms with van der Waals surface area (Å²) in [7, 11) is 3.27. The van der Waals surface area contributed by atoms with Gasteiger partial charge in [-0.2, -0.15) is 0 Å². The fraction of sp³-hybridized carbons (Fsp3) is 0.250. The van der Waals surface area contributed by atoms with Crippen LogP contribution in [0.3, 0.4) is 0 Å². The topological polar surface area (TPSA) is 58.2 Å². The van der Waals surface area contributed by atoms with E-state index in [0.717, 1.165) is 21.9 Å². The molecule has 104 valence electrons. The van der Waals surface area contributed by atoms with Gasteiger partial charge in [-0.15, -0.1) is 0 Å². The van der Waals surface area contributed by atoms with Crippen LogP contribution in [0.5, 0.6) is 0 Å². The average molecular weight is 270 g/mol. The number of nitrogens with one attached hydrogen (secondary N) is 2. The molecule has 4 nitrogen and oxygen atoms in total. The number of fused-ring (bicyclic) bond motifs is 1. The summed E-state index contributed by atoms with van der Waals surface area (Å²) in [4.78, 5) is 22.7. The SMILES string of the molecule is CNC(=O)Cc1ccc2cc(CC(=O)NC)ccc2c1. The summed E-state index contributed by atoms with van der Waals surface area (Å²) in [5, 5.41) is 7.38. The Hall–Kier alpha value is -2.36. The number of likely N-dealkylation sites (N-methyl/N-ethyl adjacent to an activating group) is 2. The highest BCUT2D eigenvalue weighted by Gasteiger charge is 2.05. The van der Waals surface area contributed by atoms with Crippen LogP contribution in [0.15, 0.2) is 36.4 Å². The first-order valence-electron chi connectivity index (χ1n) is 6.55. The van der Waals surface area contributed by atoms with Crippen molar-refractivity contribution >= 4 is 22.6 Å². The van der Waals surface area contributed by atoms with Crippen molar-refractivity contribution < 1.29 is 9.59 Å². The molecule has 0 radical (unpaired) electrons. The van der Waals surface area contributed by atoms with Gasteiger partial charge in [-0.25, -0.2) is 0 Å². The molecular formula is C16H18N2O2. The van der Waals surface area contributed by atoms with Crippen LogP contribution in [0.25, 0.3) is 10.8 Å². The number of benzene rings is 2. The number of rotatable bonds is 4. The minimum atomic E-state index is 0.000544. The fourth-order valence-electron chi connectivity index (χ4n) is 2.11. The molecule has 20 heavy (non-hydrogen) atoms. The first-order chi connectivity index (χ1) is 9.62. The zero-order chi connectivity index (χ0) is 14.5. The molecule has 2 N–H and O–H groups in total. The maximum Gasteiger partial charge on any atom is 0.224 e. The van der Waals surface area contributed by atoms with Crippen LogP contribution in [-0.4, -0.2) is 25.9 Å². The molecule has 0 fully saturated rings. The lowest BCUT2D eigenvalue weighted by atomic mass is 10.0. The molecule has 2 aromatic carbocycles. The molecule has 0 spiro atoms. The van der Waals surface area contributed by atoms with Gasteiger partial charge in [-0.1, -0.05) is 36.4 Å². The maximum absolute atomic E-state index is 11.4. The van der Waals surface area contributed by atoms with Crippen molar-refractivity contribution in [3.05, 3.63) is 47.5 Å². The molecule has 0 aliphatic rings. The van der Waals surface area contributed by atoms with Crippen LogP contribution in [0.4, 0.5) is 0 Å². The van der Waals surface area contributed by atoms with Crippen molar-refractivity contribution in [2.75, 3.05) is 14.1 Å². The number of hydrogen-bond acceptors (Lipinski definition) is 2. The van der Waals surface area contributed by atoms with E-state index in [1.807, 2.05) is 36.4 Å². The Balaban J connectivity index is 2.25. The maximum atomic E-state index is 11.4. The monoisotopic (exact) mass is 270 g/mol. The lowest BCUT2D eigenvalue weighted by Gasteiger charge is -2.06. The molecule has 0 aromatic heterocycles. The summed E-state index contributed by atoms with van der Waals surface area (Å²) in [6.07, 6.45) is 0.763. The molecular weight excluding hydrogens is 252 g/mol. The third-order valence-electron chi connectivity index (χ3n) is 3.26. The van der Waals surface area contributed by atoms with Gasteiger partial charge in [0.2, 0.25) is 11.8 Å². The van der Waals surface area contributed by atoms with E-state index in [4.69, 9.17) is 0 Å². The van der Waals surface area contributed by atoms with Gasteiger partial charge in [0.1, 0.15) is 0 Å². The molecule has 0 saturated carbocycles. The van der Waals surface area contributed by atoms with Crippen molar-refractivity contribution in [3.63, 3.8) is 0 Å². The number of amides is 2. The minimum absolute atomic E-state index is 0.000544. The number of hydrogen-bond donors (Lipinski definition) is 2. The Labute approximate surface area is 118 Å². The Morgan fingerprint density at radius 3 is 1.55 bits per heavy atom. The van der Waals surface area contributed by atoms with Crippen LogP contribution in [0.1, 0.15) is 11.1 Å². The molecule has 0 atom stereocenters. The second-order valence-corrected chi connectivity index (χ2v) is 4.72. The lowest BCUT2D eigenvalue weighted by molar-refractivity contribution is -0.120. The van der Waals surface area contributed by atoms with E-state index in [1.165, 1.54) is 0 Å². The van der Waals surface area contributed by atoms with Crippen molar-refractivity contribution in [1.82, 2.24) is 10.6 Å². The van der Waals surface area contributed by atoms with Crippen LogP contribution >= 0.6 is 0 Å². The van der Waals surface area contributed by atoms with Crippen molar-refractivity contribution in [2.45, 2.75) is 12.8 Å². The smallest absolute Gasteiger partial charge is 0.224 e. The van der Waals surface area contributed by atoms with E-state index in [2.05, 4.69) is 10.6 Å². The number of carbonyl (C=O) groups is 2. The Bertz CT molecular complexity index is 593. The molecule has 0 aliphatic heterocycles. The highest BCUT2D eigenvalue weighted by molar-refractivity contribution is 5.87. The van der Waals surface area contributed by atoms with Gasteiger partial charge < -0.3 is 10.6 Å². The molecule has 2 aromatic rings. The van der Waals surface area contributed by atoms with Gasteiger partial charge in [0, 0.05) is 14.1 Å². The highest BCUT2D eigenvalue weighted by Crippen LogP contribution is 2.18. The summed E-state index contributed by atoms with van der Waals surface area (Å²) >= 11 is 0. The molecule has 0 bridgehead atoms. The average Bonchev–Trinajstić information content (AvgIpc) is 2.47. The highest BCUT2D eigenvalue weighted by atomic mass is 16.2. The second-order valence-electron chi connectivity index (χ2n) is 4.72. The summed E-state index contributed by atoms with van der Waals surface area (Å²) in [5.74, 6) is 0.00109. The molecule has 2 rings (SSSR count). The molecule has 4 heteroatoms. The third-order valence-corrected chi connectivity index (χ3v) is 3.26. The van der Waals surface area contributed by atoms with E-state index in [0.29, 0.717) is 12.8 Å². The van der Waals surface area contributed by atoms with Gasteiger partial charge in [0.15, 0.2) is 0 Å². The Morgan fingerprint density at radius 2 is 1.20 bits per heavy atom. The first-order valence-corrected chi connectivity index (χ1v) is 6.55. The molecule has 0 unspecified atom stereocenters. The third kappa shape index (κ3) is 3.35. The van der Waals surface area contributed by atoms with Gasteiger partial charge in [-0.05, 0) is 21.9 Å². The van der Waals surface area contributed by atoms with Gasteiger partial charge in [-0.3, -0.25) is 9.59 Å². The lowest BCUT2D eigenvalue weighted by Crippen LogP contribution is -2.20. The van der Waals surface area contributed by atoms with E-state index in [9.17, 15) is 9.59 Å². The largest absolute Gasteiger partial charge is 0.359 e. The molecule has 0 heterocycles. The molecule has 0 saturated heterocycles. The summed E-state index contributed by atoms with van der Waals surface area (Å²) in [5.41, 5.74) is 1.96. The first kappa shape index (κ1) is 14.1. The zero-order valence-corrected chi connectivity index (χ0v) is 11.7. The predicted octanol–water partition coefficient (Wildman–Crippen LogP) is 1.42. The summed E-state index contributed by atoms with van der Waals surface area (Å²) in [6, 6.07) is 11.9. The van der Waals surface area contributed by atoms with E-state index < -0.39 is 0 Å². The van der Waals surface area contributed by atoms with Gasteiger partial charge in [0.05, 0.1) is 12.8 Å². The van der Waals surface area contributed by atoms with Crippen LogP contribution in [0, 0.1) is 0 Å². The molecule has 0 aliphatic carbocycles.